The molecule has 2 rings (SSSR count). The van der Waals surface area contributed by atoms with Crippen molar-refractivity contribution < 1.29 is 14.2 Å². The first-order valence-corrected chi connectivity index (χ1v) is 6.44. The molecule has 0 spiro atoms. The highest BCUT2D eigenvalue weighted by Gasteiger charge is 2.05. The molecule has 100 valence electrons. The van der Waals surface area contributed by atoms with E-state index < -0.39 is 0 Å². The van der Waals surface area contributed by atoms with E-state index in [1.165, 1.54) is 12.1 Å². The Bertz CT molecular complexity index is 590. The molecule has 5 heteroatoms. The Morgan fingerprint density at radius 3 is 2.68 bits per heavy atom. The van der Waals surface area contributed by atoms with E-state index in [2.05, 4.69) is 21.2 Å². The lowest BCUT2D eigenvalue weighted by molar-refractivity contribution is 0.406. The number of phenols is 1. The van der Waals surface area contributed by atoms with E-state index in [-0.39, 0.29) is 11.6 Å². The normalized spacial score (nSPS) is 10.3. The van der Waals surface area contributed by atoms with Crippen molar-refractivity contribution in [2.24, 2.45) is 0 Å². The predicted octanol–water partition coefficient (Wildman–Crippen LogP) is 3.91. The van der Waals surface area contributed by atoms with Crippen molar-refractivity contribution in [1.29, 1.82) is 0 Å². The first-order valence-electron chi connectivity index (χ1n) is 5.65. The molecular weight excluding hydrogens is 313 g/mol. The van der Waals surface area contributed by atoms with Crippen LogP contribution in [0.3, 0.4) is 0 Å². The third-order valence-electron chi connectivity index (χ3n) is 2.69. The summed E-state index contributed by atoms with van der Waals surface area (Å²) in [6.07, 6.45) is 0. The van der Waals surface area contributed by atoms with Crippen LogP contribution in [0.2, 0.25) is 0 Å². The van der Waals surface area contributed by atoms with E-state index in [1.54, 1.807) is 31.4 Å². The van der Waals surface area contributed by atoms with Crippen LogP contribution in [0, 0.1) is 5.82 Å². The van der Waals surface area contributed by atoms with Crippen LogP contribution in [0.25, 0.3) is 0 Å². The molecule has 2 aromatic rings. The maximum Gasteiger partial charge on any atom is 0.124 e. The summed E-state index contributed by atoms with van der Waals surface area (Å²) in [6.45, 7) is 0.431. The summed E-state index contributed by atoms with van der Waals surface area (Å²) in [4.78, 5) is 0. The van der Waals surface area contributed by atoms with Crippen LogP contribution in [-0.2, 0) is 6.54 Å². The minimum atomic E-state index is -0.301. The van der Waals surface area contributed by atoms with Crippen LogP contribution >= 0.6 is 15.9 Å². The van der Waals surface area contributed by atoms with E-state index in [1.807, 2.05) is 0 Å². The lowest BCUT2D eigenvalue weighted by Gasteiger charge is -2.10. The van der Waals surface area contributed by atoms with Crippen LogP contribution in [0.1, 0.15) is 5.56 Å². The quantitative estimate of drug-likeness (QED) is 0.895. The molecule has 3 nitrogen and oxygen atoms in total. The largest absolute Gasteiger partial charge is 0.507 e. The zero-order valence-corrected chi connectivity index (χ0v) is 11.9. The van der Waals surface area contributed by atoms with E-state index in [0.717, 1.165) is 11.3 Å². The van der Waals surface area contributed by atoms with Gasteiger partial charge in [0.2, 0.25) is 0 Å². The Morgan fingerprint density at radius 2 is 2.05 bits per heavy atom. The van der Waals surface area contributed by atoms with E-state index >= 15 is 0 Å². The zero-order valence-electron chi connectivity index (χ0n) is 10.3. The highest BCUT2D eigenvalue weighted by molar-refractivity contribution is 9.10. The van der Waals surface area contributed by atoms with Gasteiger partial charge >= 0.3 is 0 Å². The van der Waals surface area contributed by atoms with Gasteiger partial charge in [0, 0.05) is 28.3 Å². The van der Waals surface area contributed by atoms with Gasteiger partial charge in [-0.2, -0.15) is 0 Å². The Labute approximate surface area is 119 Å². The summed E-state index contributed by atoms with van der Waals surface area (Å²) in [6, 6.07) is 9.50. The minimum Gasteiger partial charge on any atom is -0.507 e. The van der Waals surface area contributed by atoms with Crippen LogP contribution in [0.15, 0.2) is 40.9 Å². The number of nitrogens with one attached hydrogen (secondary N) is 1. The Kier molecular flexibility index (Phi) is 4.27. The molecule has 0 amide bonds. The summed E-state index contributed by atoms with van der Waals surface area (Å²) in [5.74, 6) is 0.457. The number of rotatable bonds is 4. The molecule has 0 fully saturated rings. The molecule has 0 radical (unpaired) electrons. The molecule has 2 N–H and O–H groups in total. The second-order valence-corrected chi connectivity index (χ2v) is 4.83. The molecule has 0 heterocycles. The Morgan fingerprint density at radius 1 is 1.26 bits per heavy atom. The van der Waals surface area contributed by atoms with Crippen molar-refractivity contribution in [2.75, 3.05) is 12.4 Å². The molecular formula is C14H13BrFNO2. The topological polar surface area (TPSA) is 41.5 Å². The van der Waals surface area contributed by atoms with Crippen molar-refractivity contribution >= 4 is 21.6 Å². The standard InChI is InChI=1S/C14H13BrFNO2/c1-19-11-4-2-9(14(18)7-11)8-17-13-5-3-10(16)6-12(13)15/h2-7,17-18H,8H2,1H3. The first-order chi connectivity index (χ1) is 9.10. The Balaban J connectivity index is 2.10. The summed E-state index contributed by atoms with van der Waals surface area (Å²) >= 11 is 3.28. The zero-order chi connectivity index (χ0) is 13.8. The number of ether oxygens (including phenoxy) is 1. The molecule has 0 aliphatic rings. The van der Waals surface area contributed by atoms with Gasteiger partial charge in [-0.3, -0.25) is 0 Å². The number of aromatic hydroxyl groups is 1. The molecule has 19 heavy (non-hydrogen) atoms. The Hall–Kier alpha value is -1.75. The summed E-state index contributed by atoms with van der Waals surface area (Å²) in [7, 11) is 1.54. The third kappa shape index (κ3) is 3.38. The van der Waals surface area contributed by atoms with Crippen molar-refractivity contribution in [1.82, 2.24) is 0 Å². The lowest BCUT2D eigenvalue weighted by atomic mass is 10.2. The fraction of sp³-hybridized carbons (Fsp3) is 0.143. The lowest BCUT2D eigenvalue weighted by Crippen LogP contribution is -2.00. The number of methoxy groups -OCH3 is 1. The molecule has 0 bridgehead atoms. The van der Waals surface area contributed by atoms with Crippen LogP contribution in [-0.4, -0.2) is 12.2 Å². The number of benzene rings is 2. The number of halogens is 2. The summed E-state index contributed by atoms with van der Waals surface area (Å²) in [5.41, 5.74) is 1.49. The van der Waals surface area contributed by atoms with E-state index in [4.69, 9.17) is 4.74 Å². The van der Waals surface area contributed by atoms with Gasteiger partial charge in [-0.25, -0.2) is 4.39 Å². The maximum atomic E-state index is 12.9. The van der Waals surface area contributed by atoms with Crippen LogP contribution in [0.5, 0.6) is 11.5 Å². The number of phenolic OH excluding ortho intramolecular Hbond substituents is 1. The van der Waals surface area contributed by atoms with Gasteiger partial charge in [0.05, 0.1) is 7.11 Å². The van der Waals surface area contributed by atoms with Gasteiger partial charge in [-0.05, 0) is 46.3 Å². The molecule has 0 unspecified atom stereocenters. The van der Waals surface area contributed by atoms with Crippen molar-refractivity contribution in [3.63, 3.8) is 0 Å². The molecule has 0 aromatic heterocycles. The first kappa shape index (κ1) is 13.7. The number of hydrogen-bond acceptors (Lipinski definition) is 3. The summed E-state index contributed by atoms with van der Waals surface area (Å²) < 4.78 is 18.6. The third-order valence-corrected chi connectivity index (χ3v) is 3.35. The highest BCUT2D eigenvalue weighted by Crippen LogP contribution is 2.27. The van der Waals surface area contributed by atoms with Gasteiger partial charge in [0.25, 0.3) is 0 Å². The van der Waals surface area contributed by atoms with Crippen molar-refractivity contribution in [3.05, 3.63) is 52.3 Å². The van der Waals surface area contributed by atoms with Gasteiger partial charge in [0.15, 0.2) is 0 Å². The van der Waals surface area contributed by atoms with Crippen LogP contribution in [0.4, 0.5) is 10.1 Å². The van der Waals surface area contributed by atoms with Crippen molar-refractivity contribution in [2.45, 2.75) is 6.54 Å². The molecule has 0 saturated carbocycles. The van der Waals surface area contributed by atoms with Gasteiger partial charge in [-0.15, -0.1) is 0 Å². The average Bonchev–Trinajstić information content (AvgIpc) is 2.39. The minimum absolute atomic E-state index is 0.157. The fourth-order valence-electron chi connectivity index (χ4n) is 1.64. The molecule has 2 aromatic carbocycles. The van der Waals surface area contributed by atoms with E-state index in [0.29, 0.717) is 16.8 Å². The smallest absolute Gasteiger partial charge is 0.124 e. The molecule has 0 aliphatic carbocycles. The van der Waals surface area contributed by atoms with Crippen LogP contribution < -0.4 is 10.1 Å². The monoisotopic (exact) mass is 325 g/mol. The van der Waals surface area contributed by atoms with Gasteiger partial charge in [-0.1, -0.05) is 0 Å². The molecule has 0 atom stereocenters. The van der Waals surface area contributed by atoms with E-state index in [9.17, 15) is 9.50 Å². The summed E-state index contributed by atoms with van der Waals surface area (Å²) in [5, 5.41) is 12.9. The van der Waals surface area contributed by atoms with Gasteiger partial charge in [0.1, 0.15) is 17.3 Å². The second kappa shape index (κ2) is 5.93. The molecule has 0 saturated heterocycles. The average molecular weight is 326 g/mol. The number of hydrogen-bond donors (Lipinski definition) is 2. The predicted molar refractivity (Wildman–Crippen MR) is 76.1 cm³/mol. The van der Waals surface area contributed by atoms with Gasteiger partial charge < -0.3 is 15.2 Å². The van der Waals surface area contributed by atoms with Crippen molar-refractivity contribution in [3.8, 4) is 11.5 Å². The second-order valence-electron chi connectivity index (χ2n) is 3.97. The highest BCUT2D eigenvalue weighted by atomic mass is 79.9. The number of anilines is 1. The fourth-order valence-corrected chi connectivity index (χ4v) is 2.13. The molecule has 0 aliphatic heterocycles. The SMILES string of the molecule is COc1ccc(CNc2ccc(F)cc2Br)c(O)c1. The maximum absolute atomic E-state index is 12.9.